The summed E-state index contributed by atoms with van der Waals surface area (Å²) < 4.78 is 10.6. The summed E-state index contributed by atoms with van der Waals surface area (Å²) in [7, 11) is 1.50. The molecule has 2 heterocycles. The fraction of sp³-hybridized carbons (Fsp3) is 0.550. The van der Waals surface area contributed by atoms with Gasteiger partial charge in [-0.15, -0.1) is 0 Å². The van der Waals surface area contributed by atoms with Gasteiger partial charge in [-0.2, -0.15) is 0 Å². The smallest absolute Gasteiger partial charge is 0.322 e. The molecule has 0 bridgehead atoms. The van der Waals surface area contributed by atoms with Crippen LogP contribution in [0.3, 0.4) is 0 Å². The molecule has 1 aromatic carbocycles. The predicted octanol–water partition coefficient (Wildman–Crippen LogP) is 1.30. The van der Waals surface area contributed by atoms with Gasteiger partial charge in [-0.1, -0.05) is 0 Å². The van der Waals surface area contributed by atoms with Crippen LogP contribution in [-0.4, -0.2) is 79.2 Å². The van der Waals surface area contributed by atoms with Crippen LogP contribution in [0.15, 0.2) is 18.2 Å². The van der Waals surface area contributed by atoms with Gasteiger partial charge in [0.05, 0.1) is 32.1 Å². The van der Waals surface area contributed by atoms with Crippen LogP contribution >= 0.6 is 0 Å². The molecule has 3 atom stereocenters. The molecule has 3 rings (SSSR count). The third kappa shape index (κ3) is 4.29. The quantitative estimate of drug-likeness (QED) is 0.791. The molecule has 158 valence electrons. The van der Waals surface area contributed by atoms with E-state index >= 15 is 0 Å². The van der Waals surface area contributed by atoms with Gasteiger partial charge in [0.2, 0.25) is 5.91 Å². The molecule has 1 aromatic rings. The number of ether oxygens (including phenoxy) is 2. The predicted molar refractivity (Wildman–Crippen MR) is 107 cm³/mol. The second kappa shape index (κ2) is 8.69. The number of piperazine rings is 1. The van der Waals surface area contributed by atoms with Crippen molar-refractivity contribution in [2.24, 2.45) is 0 Å². The molecule has 2 aliphatic rings. The van der Waals surface area contributed by atoms with Gasteiger partial charge < -0.3 is 29.9 Å². The molecule has 2 fully saturated rings. The van der Waals surface area contributed by atoms with Crippen molar-refractivity contribution in [1.82, 2.24) is 15.1 Å². The summed E-state index contributed by atoms with van der Waals surface area (Å²) in [5.74, 6) is 0.111. The number of nitrogens with zero attached hydrogens (tertiary/aromatic N) is 2. The number of hydrogen-bond donors (Lipinski definition) is 2. The minimum atomic E-state index is -0.606. The van der Waals surface area contributed by atoms with Crippen LogP contribution in [0.2, 0.25) is 0 Å². The monoisotopic (exact) mass is 404 g/mol. The lowest BCUT2D eigenvalue weighted by Crippen LogP contribution is -2.64. The summed E-state index contributed by atoms with van der Waals surface area (Å²) in [6.07, 6.45) is 0. The lowest BCUT2D eigenvalue weighted by Gasteiger charge is -2.42. The van der Waals surface area contributed by atoms with Gasteiger partial charge in [-0.25, -0.2) is 4.79 Å². The average molecular weight is 404 g/mol. The zero-order valence-electron chi connectivity index (χ0n) is 17.2. The zero-order chi connectivity index (χ0) is 21.1. The van der Waals surface area contributed by atoms with E-state index in [1.807, 2.05) is 13.8 Å². The fourth-order valence-corrected chi connectivity index (χ4v) is 3.61. The van der Waals surface area contributed by atoms with Crippen LogP contribution in [0.5, 0.6) is 5.75 Å². The maximum absolute atomic E-state index is 13.0. The van der Waals surface area contributed by atoms with Gasteiger partial charge in [0.1, 0.15) is 11.8 Å². The minimum absolute atomic E-state index is 0.126. The highest BCUT2D eigenvalue weighted by Crippen LogP contribution is 2.28. The summed E-state index contributed by atoms with van der Waals surface area (Å²) in [5.41, 5.74) is 0.837. The van der Waals surface area contributed by atoms with Gasteiger partial charge >= 0.3 is 6.03 Å². The summed E-state index contributed by atoms with van der Waals surface area (Å²) >= 11 is 0. The maximum atomic E-state index is 13.0. The number of carbonyl (C=O) groups is 3. The first-order chi connectivity index (χ1) is 13.8. The van der Waals surface area contributed by atoms with Crippen LogP contribution in [0.1, 0.15) is 31.1 Å². The topological polar surface area (TPSA) is 100 Å². The van der Waals surface area contributed by atoms with Crippen molar-refractivity contribution in [3.63, 3.8) is 0 Å². The van der Waals surface area contributed by atoms with Crippen molar-refractivity contribution in [3.8, 4) is 5.75 Å². The minimum Gasteiger partial charge on any atom is -0.495 e. The number of hydrogen-bond acceptors (Lipinski definition) is 5. The third-order valence-electron chi connectivity index (χ3n) is 5.55. The molecule has 0 saturated carbocycles. The fourth-order valence-electron chi connectivity index (χ4n) is 3.61. The lowest BCUT2D eigenvalue weighted by molar-refractivity contribution is -0.129. The Labute approximate surface area is 170 Å². The van der Waals surface area contributed by atoms with Crippen LogP contribution in [0, 0.1) is 0 Å². The Morgan fingerprint density at radius 3 is 2.55 bits per heavy atom. The van der Waals surface area contributed by atoms with E-state index in [1.165, 1.54) is 12.0 Å². The average Bonchev–Trinajstić information content (AvgIpc) is 2.72. The molecular weight excluding hydrogens is 376 g/mol. The molecule has 9 heteroatoms. The largest absolute Gasteiger partial charge is 0.495 e. The summed E-state index contributed by atoms with van der Waals surface area (Å²) in [6, 6.07) is 3.56. The van der Waals surface area contributed by atoms with Crippen molar-refractivity contribution >= 4 is 23.5 Å². The van der Waals surface area contributed by atoms with Crippen molar-refractivity contribution < 1.29 is 23.9 Å². The third-order valence-corrected chi connectivity index (χ3v) is 5.55. The standard InChI is InChI=1S/C20H28N4O5/c1-12-13(2)24(14(3)18(25)21-12)20(27)22-16-11-15(5-6-17(16)28-4)19(26)23-7-9-29-10-8-23/h5-6,11-14H,7-10H2,1-4H3,(H,21,25)(H,22,27). The number of carbonyl (C=O) groups excluding carboxylic acids is 3. The molecule has 29 heavy (non-hydrogen) atoms. The number of urea groups is 1. The van der Waals surface area contributed by atoms with E-state index in [0.717, 1.165) is 0 Å². The Kier molecular flexibility index (Phi) is 6.26. The van der Waals surface area contributed by atoms with Gasteiger partial charge in [0.15, 0.2) is 0 Å². The number of morpholine rings is 1. The van der Waals surface area contributed by atoms with E-state index in [-0.39, 0.29) is 23.9 Å². The number of nitrogens with one attached hydrogen (secondary N) is 2. The van der Waals surface area contributed by atoms with Crippen LogP contribution in [0.25, 0.3) is 0 Å². The summed E-state index contributed by atoms with van der Waals surface area (Å²) in [4.78, 5) is 41.2. The Hall–Kier alpha value is -2.81. The highest BCUT2D eigenvalue weighted by molar-refractivity contribution is 5.99. The molecule has 3 unspecified atom stereocenters. The van der Waals surface area contributed by atoms with Gasteiger partial charge in [-0.3, -0.25) is 9.59 Å². The molecule has 0 aromatic heterocycles. The molecular formula is C20H28N4O5. The van der Waals surface area contributed by atoms with Crippen molar-refractivity contribution in [2.75, 3.05) is 38.7 Å². The molecule has 9 nitrogen and oxygen atoms in total. The van der Waals surface area contributed by atoms with Crippen molar-refractivity contribution in [3.05, 3.63) is 23.8 Å². The Balaban J connectivity index is 1.82. The number of anilines is 1. The van der Waals surface area contributed by atoms with E-state index in [4.69, 9.17) is 9.47 Å². The number of amides is 4. The Morgan fingerprint density at radius 1 is 1.21 bits per heavy atom. The number of rotatable bonds is 3. The van der Waals surface area contributed by atoms with Gasteiger partial charge in [0, 0.05) is 24.7 Å². The number of methoxy groups -OCH3 is 1. The van der Waals surface area contributed by atoms with Crippen LogP contribution in [0.4, 0.5) is 10.5 Å². The molecule has 0 aliphatic carbocycles. The van der Waals surface area contributed by atoms with E-state index in [1.54, 1.807) is 30.0 Å². The number of benzene rings is 1. The second-order valence-corrected chi connectivity index (χ2v) is 7.37. The summed E-state index contributed by atoms with van der Waals surface area (Å²) in [5, 5.41) is 5.68. The first kappa shape index (κ1) is 20.9. The van der Waals surface area contributed by atoms with Gasteiger partial charge in [0.25, 0.3) is 5.91 Å². The van der Waals surface area contributed by atoms with E-state index in [2.05, 4.69) is 10.6 Å². The first-order valence-electron chi connectivity index (χ1n) is 9.78. The Morgan fingerprint density at radius 2 is 1.90 bits per heavy atom. The molecule has 2 saturated heterocycles. The normalized spacial score (nSPS) is 24.7. The molecule has 0 spiro atoms. The summed E-state index contributed by atoms with van der Waals surface area (Å²) in [6.45, 7) is 7.51. The zero-order valence-corrected chi connectivity index (χ0v) is 17.2. The maximum Gasteiger partial charge on any atom is 0.322 e. The van der Waals surface area contributed by atoms with E-state index < -0.39 is 12.1 Å². The second-order valence-electron chi connectivity index (χ2n) is 7.37. The highest BCUT2D eigenvalue weighted by atomic mass is 16.5. The molecule has 4 amide bonds. The van der Waals surface area contributed by atoms with Gasteiger partial charge in [-0.05, 0) is 39.0 Å². The molecule has 2 N–H and O–H groups in total. The van der Waals surface area contributed by atoms with Crippen LogP contribution in [-0.2, 0) is 9.53 Å². The van der Waals surface area contributed by atoms with Crippen molar-refractivity contribution in [2.45, 2.75) is 38.9 Å². The SMILES string of the molecule is COc1ccc(C(=O)N2CCOCC2)cc1NC(=O)N1C(C)C(=O)NC(C)C1C. The molecule has 2 aliphatic heterocycles. The lowest BCUT2D eigenvalue weighted by atomic mass is 10.0. The van der Waals surface area contributed by atoms with E-state index in [9.17, 15) is 14.4 Å². The Bertz CT molecular complexity index is 793. The van der Waals surface area contributed by atoms with Crippen molar-refractivity contribution in [1.29, 1.82) is 0 Å². The van der Waals surface area contributed by atoms with E-state index in [0.29, 0.717) is 43.3 Å². The highest BCUT2D eigenvalue weighted by Gasteiger charge is 2.38. The van der Waals surface area contributed by atoms with Crippen LogP contribution < -0.4 is 15.4 Å². The molecule has 0 radical (unpaired) electrons. The first-order valence-corrected chi connectivity index (χ1v) is 9.78.